The first-order chi connectivity index (χ1) is 10.4. The molecule has 0 atom stereocenters. The van der Waals surface area contributed by atoms with Gasteiger partial charge in [-0.05, 0) is 0 Å². The summed E-state index contributed by atoms with van der Waals surface area (Å²) >= 11 is 0. The Balaban J connectivity index is -0.00000000102. The van der Waals surface area contributed by atoms with Crippen LogP contribution in [0.3, 0.4) is 0 Å². The fourth-order valence-electron chi connectivity index (χ4n) is 0. The van der Waals surface area contributed by atoms with Crippen LogP contribution in [0.2, 0.25) is 0 Å². The van der Waals surface area contributed by atoms with Gasteiger partial charge in [0.2, 0.25) is 0 Å². The van der Waals surface area contributed by atoms with Gasteiger partial charge in [-0.1, -0.05) is 0 Å². The number of hydrogen-bond donors (Lipinski definition) is 6. The largest absolute Gasteiger partial charge is 2.00 e. The standard InChI is InChI=1S/15Ca.6HNO3.30H/c;;;;;;;;;;;;;;;6*2-1(3)4;;;;;;;;;;;;;;;;;;;;;;;;;;;;;;/h;;;;;;;;;;;;;;;6*(H,2,3,4);;;;;;;;;;;;;;;;;;;;;;;;;;;;;;/q15*+2;;;;;;;30*-1. The van der Waals surface area contributed by atoms with Gasteiger partial charge < -0.3 is 74.0 Å². The van der Waals surface area contributed by atoms with Gasteiger partial charge in [0.1, 0.15) is 0 Å². The van der Waals surface area contributed by atoms with Crippen molar-refractivity contribution in [2.45, 2.75) is 0 Å². The fourth-order valence-corrected chi connectivity index (χ4v) is 0. The summed E-state index contributed by atoms with van der Waals surface area (Å²) in [5.74, 6) is 0. The van der Waals surface area contributed by atoms with Gasteiger partial charge in [-0.25, -0.2) is 0 Å². The molecule has 39 heteroatoms. The molecule has 0 rings (SSSR count). The zero-order chi connectivity index (χ0) is 21.5. The molecule has 204 valence electrons. The van der Waals surface area contributed by atoms with Crippen molar-refractivity contribution in [3.8, 4) is 0 Å². The molecule has 39 heavy (non-hydrogen) atoms. The summed E-state index contributed by atoms with van der Waals surface area (Å²) in [6, 6.07) is 0. The Morgan fingerprint density at radius 1 is 0.256 bits per heavy atom. The molecule has 0 aromatic rings. The average molecular weight is 1010 g/mol. The second-order valence-corrected chi connectivity index (χ2v) is 1.43. The van der Waals surface area contributed by atoms with Crippen LogP contribution in [0.15, 0.2) is 0 Å². The maximum absolute atomic E-state index is 8.36. The van der Waals surface area contributed by atoms with Gasteiger partial charge in [-0.15, -0.1) is 60.7 Å². The van der Waals surface area contributed by atoms with E-state index in [1.54, 1.807) is 0 Å². The van der Waals surface area contributed by atoms with Crippen molar-refractivity contribution in [3.05, 3.63) is 60.7 Å². The summed E-state index contributed by atoms with van der Waals surface area (Å²) in [6.45, 7) is 0. The minimum Gasteiger partial charge on any atom is -1.00 e. The van der Waals surface area contributed by atoms with Crippen LogP contribution in [0.25, 0.3) is 0 Å². The maximum atomic E-state index is 8.36. The van der Waals surface area contributed by atoms with Gasteiger partial charge in [0, 0.05) is 0 Å². The molecule has 0 saturated carbocycles. The van der Waals surface area contributed by atoms with Crippen LogP contribution in [0.5, 0.6) is 0 Å². The van der Waals surface area contributed by atoms with E-state index in [1.807, 2.05) is 0 Å². The molecule has 0 unspecified atom stereocenters. The predicted octanol–water partition coefficient (Wildman–Crippen LogP) is -4.42. The van der Waals surface area contributed by atoms with Crippen molar-refractivity contribution in [3.63, 3.8) is 0 Å². The first-order valence-corrected chi connectivity index (χ1v) is 3.39. The van der Waals surface area contributed by atoms with E-state index < -0.39 is 30.5 Å². The Kier molecular flexibility index (Phi) is 474. The third-order valence-corrected chi connectivity index (χ3v) is 0. The van der Waals surface area contributed by atoms with E-state index >= 15 is 0 Å². The van der Waals surface area contributed by atoms with Crippen LogP contribution in [0.1, 0.15) is 42.8 Å². The summed E-state index contributed by atoms with van der Waals surface area (Å²) in [4.78, 5) is 50.2. The van der Waals surface area contributed by atoms with Crippen molar-refractivity contribution in [1.29, 1.82) is 0 Å². The van der Waals surface area contributed by atoms with Gasteiger partial charge in [0.25, 0.3) is 30.5 Å². The van der Waals surface area contributed by atoms with Crippen LogP contribution in [-0.4, -0.2) is 628 Å². The van der Waals surface area contributed by atoms with E-state index in [9.17, 15) is 0 Å². The summed E-state index contributed by atoms with van der Waals surface area (Å²) in [7, 11) is 0. The van der Waals surface area contributed by atoms with Crippen molar-refractivity contribution in [2.24, 2.45) is 0 Å². The quantitative estimate of drug-likeness (QED) is 0.0758. The van der Waals surface area contributed by atoms with Crippen LogP contribution < -0.4 is 0 Å². The van der Waals surface area contributed by atoms with Gasteiger partial charge in [0.05, 0.1) is 0 Å². The number of hydrogen-bond acceptors (Lipinski definition) is 12. The Morgan fingerprint density at radius 3 is 0.256 bits per heavy atom. The molecule has 0 spiro atoms. The summed E-state index contributed by atoms with van der Waals surface area (Å²) in [6.07, 6.45) is 0. The first kappa shape index (κ1) is 140. The molecule has 0 aliphatic rings. The van der Waals surface area contributed by atoms with Gasteiger partial charge >= 0.3 is 566 Å². The molecule has 0 aromatic carbocycles. The van der Waals surface area contributed by atoms with Gasteiger partial charge in [0.15, 0.2) is 0 Å². The zero-order valence-corrected chi connectivity index (χ0v) is 54.0. The Morgan fingerprint density at radius 2 is 0.256 bits per heavy atom. The van der Waals surface area contributed by atoms with E-state index in [1.165, 1.54) is 0 Å². The third-order valence-electron chi connectivity index (χ3n) is 0. The number of nitrogens with zero attached hydrogens (tertiary/aromatic N) is 6. The van der Waals surface area contributed by atoms with E-state index in [-0.39, 0.29) is 609 Å². The average Bonchev–Trinajstić information content (AvgIpc) is 2.08. The van der Waals surface area contributed by atoms with Gasteiger partial charge in [-0.3, -0.25) is 0 Å². The smallest absolute Gasteiger partial charge is 1.00 e. The normalized spacial score (nSPS) is 3.69. The Hall–Kier alpha value is 14.1. The molecule has 0 aliphatic heterocycles. The zero-order valence-electron chi connectivity index (χ0n) is 50.9. The molecule has 0 saturated heterocycles. The van der Waals surface area contributed by atoms with Crippen LogP contribution in [0.4, 0.5) is 0 Å². The summed E-state index contributed by atoms with van der Waals surface area (Å²) < 4.78 is 0. The summed E-state index contributed by atoms with van der Waals surface area (Å²) in [5, 5.41) is 81.8. The van der Waals surface area contributed by atoms with Crippen molar-refractivity contribution < 1.29 is 105 Å². The molecule has 24 nitrogen and oxygen atoms in total. The minimum absolute atomic E-state index is 0. The molecule has 0 aliphatic carbocycles. The topological polar surface area (TPSA) is 380 Å². The molecule has 6 N–H and O–H groups in total. The molecule has 0 radical (unpaired) electrons. The molecule has 0 bridgehead atoms. The SMILES string of the molecule is O=[N+]([O-])O.O=[N+]([O-])O.O=[N+]([O-])O.O=[N+]([O-])O.O=[N+]([O-])O.O=[N+]([O-])O.[Ca+2].[Ca+2].[Ca+2].[Ca+2].[Ca+2].[Ca+2].[Ca+2].[Ca+2].[Ca+2].[Ca+2].[Ca+2].[Ca+2].[Ca+2].[Ca+2].[Ca+2].[H-].[H-].[H-].[H-].[H-].[H-].[H-].[H-].[H-].[H-].[H-].[H-].[H-].[H-].[H-].[H-].[H-].[H-].[H-].[H-].[H-].[H-].[H-].[H-].[H-].[H-].[H-].[H-].[H-].[H-]. The second kappa shape index (κ2) is 132. The monoisotopic (exact) mass is 1010 g/mol. The first-order valence-electron chi connectivity index (χ1n) is 3.39. The molecule has 0 amide bonds. The van der Waals surface area contributed by atoms with E-state index in [4.69, 9.17) is 91.9 Å². The molecule has 0 heterocycles. The van der Waals surface area contributed by atoms with Gasteiger partial charge in [-0.2, -0.15) is 0 Å². The maximum Gasteiger partial charge on any atom is 2.00 e. The van der Waals surface area contributed by atoms with Crippen LogP contribution in [-0.2, 0) is 0 Å². The molecular weight excluding hydrogens is 973 g/mol. The third kappa shape index (κ3) is 658. The Bertz CT molecular complexity index is 356. The summed E-state index contributed by atoms with van der Waals surface area (Å²) in [5.41, 5.74) is 0. The van der Waals surface area contributed by atoms with E-state index in [0.717, 1.165) is 0 Å². The number of rotatable bonds is 0. The van der Waals surface area contributed by atoms with E-state index in [2.05, 4.69) is 0 Å². The fraction of sp³-hybridized carbons (Fsp3) is 0. The molecule has 0 fully saturated rings. The predicted molar refractivity (Wildman–Crippen MR) is 172 cm³/mol. The molecular formula is H36Ca15N6O18. The molecule has 0 aromatic heterocycles. The van der Waals surface area contributed by atoms with Crippen LogP contribution >= 0.6 is 0 Å². The van der Waals surface area contributed by atoms with Crippen molar-refractivity contribution in [2.75, 3.05) is 0 Å². The second-order valence-electron chi connectivity index (χ2n) is 1.43. The Labute approximate surface area is 710 Å². The van der Waals surface area contributed by atoms with E-state index in [0.29, 0.717) is 0 Å². The van der Waals surface area contributed by atoms with Crippen molar-refractivity contribution >= 4 is 566 Å². The van der Waals surface area contributed by atoms with Crippen molar-refractivity contribution in [1.82, 2.24) is 0 Å². The minimum atomic E-state index is -1.50. The van der Waals surface area contributed by atoms with Crippen LogP contribution in [0, 0.1) is 60.7 Å².